The zero-order valence-corrected chi connectivity index (χ0v) is 17.4. The summed E-state index contributed by atoms with van der Waals surface area (Å²) in [5.41, 5.74) is 0.501. The minimum absolute atomic E-state index is 0.0524. The molecule has 1 atom stereocenters. The van der Waals surface area contributed by atoms with Gasteiger partial charge in [0.05, 0.1) is 7.11 Å². The molecule has 6 nitrogen and oxygen atoms in total. The van der Waals surface area contributed by atoms with E-state index in [1.54, 1.807) is 18.2 Å². The predicted octanol–water partition coefficient (Wildman–Crippen LogP) is 3.54. The van der Waals surface area contributed by atoms with E-state index in [9.17, 15) is 9.59 Å². The second kappa shape index (κ2) is 11.5. The number of methoxy groups -OCH3 is 1. The second-order valence-electron chi connectivity index (χ2n) is 7.58. The Morgan fingerprint density at radius 2 is 1.70 bits per heavy atom. The molecule has 0 aromatic heterocycles. The molecule has 0 fully saturated rings. The van der Waals surface area contributed by atoms with Gasteiger partial charge in [-0.3, -0.25) is 9.59 Å². The molecular weight excluding hydrogens is 344 g/mol. The SMILES string of the molecule is COc1cc(C(=O)NC(C)CCCC(C)C)ccc1OCC(=O)NC(C)C. The van der Waals surface area contributed by atoms with E-state index in [0.717, 1.165) is 19.3 Å². The number of rotatable bonds is 11. The number of amides is 2. The van der Waals surface area contributed by atoms with E-state index in [4.69, 9.17) is 9.47 Å². The first kappa shape index (κ1) is 22.8. The Labute approximate surface area is 163 Å². The van der Waals surface area contributed by atoms with Crippen molar-refractivity contribution in [3.63, 3.8) is 0 Å². The molecule has 0 saturated heterocycles. The average Bonchev–Trinajstić information content (AvgIpc) is 2.58. The summed E-state index contributed by atoms with van der Waals surface area (Å²) in [5, 5.41) is 5.77. The van der Waals surface area contributed by atoms with Crippen molar-refractivity contribution in [3.05, 3.63) is 23.8 Å². The standard InChI is InChI=1S/C21H34N2O4/c1-14(2)8-7-9-16(5)23-21(25)17-10-11-18(19(12-17)26-6)27-13-20(24)22-15(3)4/h10-12,14-16H,7-9,13H2,1-6H3,(H,22,24)(H,23,25). The lowest BCUT2D eigenvalue weighted by Gasteiger charge is -2.16. The van der Waals surface area contributed by atoms with Gasteiger partial charge in [-0.25, -0.2) is 0 Å². The minimum Gasteiger partial charge on any atom is -0.493 e. The van der Waals surface area contributed by atoms with Crippen molar-refractivity contribution in [1.82, 2.24) is 10.6 Å². The Bertz CT molecular complexity index is 614. The second-order valence-corrected chi connectivity index (χ2v) is 7.58. The lowest BCUT2D eigenvalue weighted by molar-refractivity contribution is -0.123. The van der Waals surface area contributed by atoms with Gasteiger partial charge in [0, 0.05) is 17.6 Å². The van der Waals surface area contributed by atoms with Gasteiger partial charge < -0.3 is 20.1 Å². The third kappa shape index (κ3) is 8.80. The molecular formula is C21H34N2O4. The number of hydrogen-bond acceptors (Lipinski definition) is 4. The van der Waals surface area contributed by atoms with Crippen LogP contribution in [0.1, 0.15) is 64.2 Å². The molecule has 1 aromatic rings. The molecule has 2 N–H and O–H groups in total. The maximum Gasteiger partial charge on any atom is 0.258 e. The summed E-state index contributed by atoms with van der Waals surface area (Å²) in [6.45, 7) is 10.1. The number of nitrogens with one attached hydrogen (secondary N) is 2. The van der Waals surface area contributed by atoms with Crippen LogP contribution in [0, 0.1) is 5.92 Å². The third-order valence-corrected chi connectivity index (χ3v) is 4.03. The van der Waals surface area contributed by atoms with Gasteiger partial charge >= 0.3 is 0 Å². The summed E-state index contributed by atoms with van der Waals surface area (Å²) in [7, 11) is 1.51. The fraction of sp³-hybridized carbons (Fsp3) is 0.619. The van der Waals surface area contributed by atoms with Crippen molar-refractivity contribution >= 4 is 11.8 Å². The topological polar surface area (TPSA) is 76.7 Å². The van der Waals surface area contributed by atoms with Gasteiger partial charge in [-0.15, -0.1) is 0 Å². The summed E-state index contributed by atoms with van der Waals surface area (Å²) in [5.74, 6) is 1.18. The first-order chi connectivity index (χ1) is 12.7. The van der Waals surface area contributed by atoms with E-state index >= 15 is 0 Å². The predicted molar refractivity (Wildman–Crippen MR) is 107 cm³/mol. The molecule has 152 valence electrons. The van der Waals surface area contributed by atoms with Crippen molar-refractivity contribution < 1.29 is 19.1 Å². The third-order valence-electron chi connectivity index (χ3n) is 4.03. The highest BCUT2D eigenvalue weighted by atomic mass is 16.5. The van der Waals surface area contributed by atoms with Crippen molar-refractivity contribution in [2.24, 2.45) is 5.92 Å². The zero-order valence-electron chi connectivity index (χ0n) is 17.4. The highest BCUT2D eigenvalue weighted by molar-refractivity contribution is 5.95. The van der Waals surface area contributed by atoms with Crippen molar-refractivity contribution in [2.75, 3.05) is 13.7 Å². The van der Waals surface area contributed by atoms with E-state index in [-0.39, 0.29) is 30.5 Å². The Hall–Kier alpha value is -2.24. The minimum atomic E-state index is -0.205. The smallest absolute Gasteiger partial charge is 0.258 e. The van der Waals surface area contributed by atoms with Crippen LogP contribution in [-0.2, 0) is 4.79 Å². The molecule has 0 heterocycles. The fourth-order valence-electron chi connectivity index (χ4n) is 2.65. The lowest BCUT2D eigenvalue weighted by Crippen LogP contribution is -2.34. The molecule has 27 heavy (non-hydrogen) atoms. The molecule has 0 bridgehead atoms. The van der Waals surface area contributed by atoms with E-state index in [1.165, 1.54) is 7.11 Å². The van der Waals surface area contributed by atoms with Gasteiger partial charge in [-0.2, -0.15) is 0 Å². The monoisotopic (exact) mass is 378 g/mol. The van der Waals surface area contributed by atoms with Gasteiger partial charge in [0.2, 0.25) is 0 Å². The van der Waals surface area contributed by atoms with Crippen LogP contribution in [0.15, 0.2) is 18.2 Å². The Morgan fingerprint density at radius 1 is 1.00 bits per heavy atom. The van der Waals surface area contributed by atoms with Crippen LogP contribution >= 0.6 is 0 Å². The molecule has 0 aliphatic carbocycles. The van der Waals surface area contributed by atoms with Crippen molar-refractivity contribution in [2.45, 2.75) is 66.0 Å². The van der Waals surface area contributed by atoms with Crippen LogP contribution in [0.25, 0.3) is 0 Å². The van der Waals surface area contributed by atoms with E-state index in [2.05, 4.69) is 24.5 Å². The molecule has 0 spiro atoms. The van der Waals surface area contributed by atoms with E-state index in [0.29, 0.717) is 23.0 Å². The molecule has 2 amide bonds. The maximum atomic E-state index is 12.4. The highest BCUT2D eigenvalue weighted by Gasteiger charge is 2.14. The molecule has 0 aliphatic heterocycles. The van der Waals surface area contributed by atoms with Gasteiger partial charge in [-0.05, 0) is 51.3 Å². The first-order valence-corrected chi connectivity index (χ1v) is 9.64. The van der Waals surface area contributed by atoms with E-state index in [1.807, 2.05) is 20.8 Å². The quantitative estimate of drug-likeness (QED) is 0.617. The van der Waals surface area contributed by atoms with E-state index < -0.39 is 0 Å². The average molecular weight is 379 g/mol. The largest absolute Gasteiger partial charge is 0.493 e. The first-order valence-electron chi connectivity index (χ1n) is 9.64. The summed E-state index contributed by atoms with van der Waals surface area (Å²) in [6.07, 6.45) is 3.20. The van der Waals surface area contributed by atoms with Crippen LogP contribution in [0.2, 0.25) is 0 Å². The Morgan fingerprint density at radius 3 is 2.30 bits per heavy atom. The molecule has 6 heteroatoms. The van der Waals surface area contributed by atoms with Gasteiger partial charge in [0.25, 0.3) is 11.8 Å². The summed E-state index contributed by atoms with van der Waals surface area (Å²) >= 11 is 0. The summed E-state index contributed by atoms with van der Waals surface area (Å²) < 4.78 is 10.8. The van der Waals surface area contributed by atoms with Crippen molar-refractivity contribution in [1.29, 1.82) is 0 Å². The normalized spacial score (nSPS) is 12.0. The molecule has 1 unspecified atom stereocenters. The fourth-order valence-corrected chi connectivity index (χ4v) is 2.65. The van der Waals surface area contributed by atoms with Crippen LogP contribution in [0.4, 0.5) is 0 Å². The lowest BCUT2D eigenvalue weighted by atomic mass is 10.0. The molecule has 0 saturated carbocycles. The van der Waals surface area contributed by atoms with Crippen LogP contribution in [0.3, 0.4) is 0 Å². The van der Waals surface area contributed by atoms with Crippen LogP contribution < -0.4 is 20.1 Å². The number of ether oxygens (including phenoxy) is 2. The number of hydrogen-bond donors (Lipinski definition) is 2. The number of benzene rings is 1. The Kier molecular flexibility index (Phi) is 9.68. The van der Waals surface area contributed by atoms with Gasteiger partial charge in [0.15, 0.2) is 18.1 Å². The zero-order chi connectivity index (χ0) is 20.4. The van der Waals surface area contributed by atoms with Crippen molar-refractivity contribution in [3.8, 4) is 11.5 Å². The van der Waals surface area contributed by atoms with Gasteiger partial charge in [-0.1, -0.05) is 26.7 Å². The summed E-state index contributed by atoms with van der Waals surface area (Å²) in [4.78, 5) is 24.2. The van der Waals surface area contributed by atoms with Crippen LogP contribution in [-0.4, -0.2) is 37.6 Å². The molecule has 1 aromatic carbocycles. The summed E-state index contributed by atoms with van der Waals surface area (Å²) in [6, 6.07) is 5.12. The molecule has 1 rings (SSSR count). The van der Waals surface area contributed by atoms with Gasteiger partial charge in [0.1, 0.15) is 0 Å². The molecule has 0 aliphatic rings. The number of carbonyl (C=O) groups excluding carboxylic acids is 2. The highest BCUT2D eigenvalue weighted by Crippen LogP contribution is 2.28. The number of carbonyl (C=O) groups is 2. The van der Waals surface area contributed by atoms with Crippen LogP contribution in [0.5, 0.6) is 11.5 Å². The Balaban J connectivity index is 2.64. The maximum absolute atomic E-state index is 12.4. The molecule has 0 radical (unpaired) electrons.